The SMILES string of the molecule is O=S(=O)(O)C1=C2C=NC(c3ccccc3)=C2C(c2ccccc2)=N1. The highest BCUT2D eigenvalue weighted by Crippen LogP contribution is 2.39. The molecule has 0 fully saturated rings. The third-order valence-corrected chi connectivity index (χ3v) is 4.65. The Bertz CT molecular complexity index is 1050. The molecule has 0 aliphatic carbocycles. The summed E-state index contributed by atoms with van der Waals surface area (Å²) < 4.78 is 32.9. The fourth-order valence-corrected chi connectivity index (χ4v) is 3.46. The Morgan fingerprint density at radius 2 is 1.42 bits per heavy atom. The van der Waals surface area contributed by atoms with Crippen LogP contribution in [0.1, 0.15) is 11.1 Å². The van der Waals surface area contributed by atoms with Crippen molar-refractivity contribution < 1.29 is 13.0 Å². The van der Waals surface area contributed by atoms with Gasteiger partial charge < -0.3 is 0 Å². The normalized spacial score (nSPS) is 16.6. The molecule has 0 radical (unpaired) electrons. The van der Waals surface area contributed by atoms with E-state index in [0.29, 0.717) is 22.6 Å². The van der Waals surface area contributed by atoms with Gasteiger partial charge in [-0.1, -0.05) is 60.7 Å². The zero-order chi connectivity index (χ0) is 16.7. The first-order chi connectivity index (χ1) is 11.6. The first-order valence-corrected chi connectivity index (χ1v) is 8.70. The van der Waals surface area contributed by atoms with E-state index in [4.69, 9.17) is 0 Å². The molecule has 24 heavy (non-hydrogen) atoms. The predicted octanol–water partition coefficient (Wildman–Crippen LogP) is 3.08. The molecule has 0 aromatic heterocycles. The third kappa shape index (κ3) is 2.33. The molecule has 6 heteroatoms. The van der Waals surface area contributed by atoms with E-state index < -0.39 is 10.1 Å². The number of rotatable bonds is 3. The van der Waals surface area contributed by atoms with E-state index in [9.17, 15) is 13.0 Å². The van der Waals surface area contributed by atoms with Crippen molar-refractivity contribution in [1.29, 1.82) is 0 Å². The van der Waals surface area contributed by atoms with Crippen molar-refractivity contribution in [1.82, 2.24) is 0 Å². The van der Waals surface area contributed by atoms with Crippen molar-refractivity contribution in [2.75, 3.05) is 0 Å². The Balaban J connectivity index is 1.99. The van der Waals surface area contributed by atoms with Gasteiger partial charge in [-0.3, -0.25) is 9.55 Å². The van der Waals surface area contributed by atoms with Crippen LogP contribution in [0.15, 0.2) is 86.8 Å². The molecule has 5 nitrogen and oxygen atoms in total. The first kappa shape index (κ1) is 14.7. The van der Waals surface area contributed by atoms with Crippen molar-refractivity contribution in [3.63, 3.8) is 0 Å². The number of benzene rings is 2. The first-order valence-electron chi connectivity index (χ1n) is 7.26. The zero-order valence-corrected chi connectivity index (χ0v) is 13.2. The summed E-state index contributed by atoms with van der Waals surface area (Å²) in [6.07, 6.45) is 1.44. The van der Waals surface area contributed by atoms with E-state index in [-0.39, 0.29) is 5.03 Å². The summed E-state index contributed by atoms with van der Waals surface area (Å²) >= 11 is 0. The molecule has 4 rings (SSSR count). The molecule has 0 saturated carbocycles. The molecule has 0 amide bonds. The van der Waals surface area contributed by atoms with Crippen LogP contribution >= 0.6 is 0 Å². The highest BCUT2D eigenvalue weighted by Gasteiger charge is 2.35. The van der Waals surface area contributed by atoms with Crippen LogP contribution in [0.2, 0.25) is 0 Å². The van der Waals surface area contributed by atoms with E-state index in [2.05, 4.69) is 9.98 Å². The molecule has 0 bridgehead atoms. The third-order valence-electron chi connectivity index (χ3n) is 3.85. The Morgan fingerprint density at radius 1 is 0.833 bits per heavy atom. The molecule has 118 valence electrons. The summed E-state index contributed by atoms with van der Waals surface area (Å²) in [4.78, 5) is 8.57. The van der Waals surface area contributed by atoms with Gasteiger partial charge in [0.2, 0.25) is 0 Å². The fourth-order valence-electron chi connectivity index (χ4n) is 2.82. The van der Waals surface area contributed by atoms with Crippen molar-refractivity contribution in [2.45, 2.75) is 0 Å². The smallest absolute Gasteiger partial charge is 0.281 e. The van der Waals surface area contributed by atoms with E-state index in [0.717, 1.165) is 11.1 Å². The summed E-state index contributed by atoms with van der Waals surface area (Å²) in [5.74, 6) is 0. The predicted molar refractivity (Wildman–Crippen MR) is 93.4 cm³/mol. The summed E-state index contributed by atoms with van der Waals surface area (Å²) in [5.41, 5.74) is 3.72. The molecule has 0 spiro atoms. The van der Waals surface area contributed by atoms with Gasteiger partial charge in [0.1, 0.15) is 0 Å². The zero-order valence-electron chi connectivity index (χ0n) is 12.4. The maximum absolute atomic E-state index is 11.7. The molecule has 2 heterocycles. The van der Waals surface area contributed by atoms with Crippen LogP contribution in [0, 0.1) is 0 Å². The molecular weight excluding hydrogens is 324 g/mol. The van der Waals surface area contributed by atoms with Crippen LogP contribution in [0.5, 0.6) is 0 Å². The van der Waals surface area contributed by atoms with E-state index in [1.54, 1.807) is 0 Å². The van der Waals surface area contributed by atoms with Crippen LogP contribution < -0.4 is 0 Å². The summed E-state index contributed by atoms with van der Waals surface area (Å²) in [5, 5.41) is -0.356. The molecule has 2 aliphatic heterocycles. The van der Waals surface area contributed by atoms with Gasteiger partial charge in [-0.15, -0.1) is 0 Å². The Labute approximate surface area is 139 Å². The lowest BCUT2D eigenvalue weighted by atomic mass is 9.96. The summed E-state index contributed by atoms with van der Waals surface area (Å²) in [6.45, 7) is 0. The number of allylic oxidation sites excluding steroid dienone is 2. The number of hydrogen-bond acceptors (Lipinski definition) is 4. The van der Waals surface area contributed by atoms with Crippen LogP contribution in [-0.2, 0) is 10.1 Å². The van der Waals surface area contributed by atoms with Gasteiger partial charge in [0, 0.05) is 28.5 Å². The Hall–Kier alpha value is -2.83. The minimum Gasteiger partial charge on any atom is -0.281 e. The lowest BCUT2D eigenvalue weighted by Crippen LogP contribution is -2.03. The number of aliphatic imine (C=N–C) groups is 2. The van der Waals surface area contributed by atoms with Crippen molar-refractivity contribution in [3.8, 4) is 0 Å². The maximum atomic E-state index is 11.7. The molecule has 2 aromatic carbocycles. The van der Waals surface area contributed by atoms with Gasteiger partial charge in [-0.05, 0) is 0 Å². The number of hydrogen-bond donors (Lipinski definition) is 1. The van der Waals surface area contributed by atoms with Gasteiger partial charge in [-0.2, -0.15) is 8.42 Å². The minimum absolute atomic E-state index is 0.329. The number of fused-ring (bicyclic) bond motifs is 1. The standard InChI is InChI=1S/C18H12N2O3S/c21-24(22,23)18-14-11-19-16(12-7-3-1-4-8-12)15(14)17(20-18)13-9-5-2-6-10-13/h1-11H,(H,21,22,23). The lowest BCUT2D eigenvalue weighted by Gasteiger charge is -2.07. The number of nitrogens with zero attached hydrogens (tertiary/aromatic N) is 2. The molecule has 2 aromatic rings. The topological polar surface area (TPSA) is 79.1 Å². The van der Waals surface area contributed by atoms with E-state index >= 15 is 0 Å². The molecule has 2 aliphatic rings. The average molecular weight is 336 g/mol. The van der Waals surface area contributed by atoms with Crippen molar-refractivity contribution in [2.24, 2.45) is 9.98 Å². The van der Waals surface area contributed by atoms with E-state index in [1.165, 1.54) is 6.21 Å². The summed E-state index contributed by atoms with van der Waals surface area (Å²) in [7, 11) is -4.44. The van der Waals surface area contributed by atoms with Gasteiger partial charge in [0.05, 0.1) is 11.4 Å². The lowest BCUT2D eigenvalue weighted by molar-refractivity contribution is 0.490. The largest absolute Gasteiger partial charge is 0.312 e. The van der Waals surface area contributed by atoms with Gasteiger partial charge >= 0.3 is 10.1 Å². The highest BCUT2D eigenvalue weighted by molar-refractivity contribution is 7.89. The monoisotopic (exact) mass is 336 g/mol. The molecule has 0 atom stereocenters. The second-order valence-corrected chi connectivity index (χ2v) is 6.70. The maximum Gasteiger partial charge on any atom is 0.312 e. The van der Waals surface area contributed by atoms with Gasteiger partial charge in [-0.25, -0.2) is 4.99 Å². The molecular formula is C18H12N2O3S. The van der Waals surface area contributed by atoms with Crippen LogP contribution in [0.25, 0.3) is 5.70 Å². The second-order valence-electron chi connectivity index (χ2n) is 5.37. The van der Waals surface area contributed by atoms with Crippen LogP contribution in [-0.4, -0.2) is 24.9 Å². The molecule has 1 N–H and O–H groups in total. The van der Waals surface area contributed by atoms with Crippen LogP contribution in [0.3, 0.4) is 0 Å². The highest BCUT2D eigenvalue weighted by atomic mass is 32.2. The summed E-state index contributed by atoms with van der Waals surface area (Å²) in [6, 6.07) is 18.7. The minimum atomic E-state index is -4.44. The average Bonchev–Trinajstić information content (AvgIpc) is 3.16. The quantitative estimate of drug-likeness (QED) is 0.875. The fraction of sp³-hybridized carbons (Fsp3) is 0. The Morgan fingerprint density at radius 3 is 2.00 bits per heavy atom. The van der Waals surface area contributed by atoms with E-state index in [1.807, 2.05) is 60.7 Å². The van der Waals surface area contributed by atoms with Crippen molar-refractivity contribution >= 4 is 27.7 Å². The molecule has 0 unspecified atom stereocenters. The van der Waals surface area contributed by atoms with Gasteiger partial charge in [0.25, 0.3) is 0 Å². The van der Waals surface area contributed by atoms with Crippen LogP contribution in [0.4, 0.5) is 0 Å². The Kier molecular flexibility index (Phi) is 3.30. The second kappa shape index (κ2) is 5.36. The van der Waals surface area contributed by atoms with Crippen molar-refractivity contribution in [3.05, 3.63) is 88.0 Å². The molecule has 0 saturated heterocycles. The van der Waals surface area contributed by atoms with Gasteiger partial charge in [0.15, 0.2) is 5.03 Å².